The number of esters is 1. The van der Waals surface area contributed by atoms with E-state index in [1.165, 1.54) is 12.0 Å². The third-order valence-corrected chi connectivity index (χ3v) is 3.57. The molecule has 2 rings (SSSR count). The minimum absolute atomic E-state index is 0.0136. The molecule has 0 saturated heterocycles. The second-order valence-electron chi connectivity index (χ2n) is 4.84. The maximum atomic E-state index is 12.2. The summed E-state index contributed by atoms with van der Waals surface area (Å²) in [6, 6.07) is 8.01. The van der Waals surface area contributed by atoms with E-state index in [4.69, 9.17) is 0 Å². The monoisotopic (exact) mass is 288 g/mol. The van der Waals surface area contributed by atoms with Gasteiger partial charge in [0.05, 0.1) is 7.11 Å². The summed E-state index contributed by atoms with van der Waals surface area (Å²) >= 11 is 0. The maximum Gasteiger partial charge on any atom is 0.325 e. The van der Waals surface area contributed by atoms with Crippen molar-refractivity contribution in [3.63, 3.8) is 0 Å². The third-order valence-electron chi connectivity index (χ3n) is 3.57. The standard InChI is InChI=1S/C16H20N2O3/c1-3-18(11-16(20)21-2)15(19)9-8-12-10-17-14-7-5-4-6-13(12)14/h4-7,10,17H,3,8-9,11H2,1-2H3. The predicted molar refractivity (Wildman–Crippen MR) is 80.9 cm³/mol. The van der Waals surface area contributed by atoms with Crippen molar-refractivity contribution in [1.82, 2.24) is 9.88 Å². The number of para-hydroxylation sites is 1. The van der Waals surface area contributed by atoms with E-state index in [0.717, 1.165) is 16.5 Å². The van der Waals surface area contributed by atoms with Crippen LogP contribution < -0.4 is 0 Å². The van der Waals surface area contributed by atoms with Crippen LogP contribution in [-0.4, -0.2) is 42.0 Å². The molecule has 1 amide bonds. The number of hydrogen-bond donors (Lipinski definition) is 1. The van der Waals surface area contributed by atoms with E-state index in [1.54, 1.807) is 0 Å². The van der Waals surface area contributed by atoms with Crippen molar-refractivity contribution in [3.05, 3.63) is 36.0 Å². The predicted octanol–water partition coefficient (Wildman–Crippen LogP) is 2.12. The zero-order valence-corrected chi connectivity index (χ0v) is 12.4. The molecule has 0 fully saturated rings. The first-order valence-corrected chi connectivity index (χ1v) is 7.05. The van der Waals surface area contributed by atoms with E-state index < -0.39 is 5.97 Å². The Hall–Kier alpha value is -2.30. The number of carbonyl (C=O) groups excluding carboxylic acids is 2. The molecule has 1 aromatic carbocycles. The summed E-state index contributed by atoms with van der Waals surface area (Å²) in [7, 11) is 1.33. The minimum Gasteiger partial charge on any atom is -0.468 e. The Morgan fingerprint density at radius 1 is 1.29 bits per heavy atom. The summed E-state index contributed by atoms with van der Waals surface area (Å²) < 4.78 is 4.60. The highest BCUT2D eigenvalue weighted by molar-refractivity contribution is 5.85. The maximum absolute atomic E-state index is 12.2. The molecule has 0 aliphatic carbocycles. The van der Waals surface area contributed by atoms with Gasteiger partial charge in [-0.2, -0.15) is 0 Å². The van der Waals surface area contributed by atoms with Crippen LogP contribution in [0.15, 0.2) is 30.5 Å². The molecule has 112 valence electrons. The second kappa shape index (κ2) is 6.92. The molecule has 0 saturated carbocycles. The van der Waals surface area contributed by atoms with E-state index in [2.05, 4.69) is 9.72 Å². The zero-order valence-electron chi connectivity index (χ0n) is 12.4. The number of likely N-dealkylation sites (N-methyl/N-ethyl adjacent to an activating group) is 1. The van der Waals surface area contributed by atoms with Crippen LogP contribution in [0.5, 0.6) is 0 Å². The first kappa shape index (κ1) is 15.1. The lowest BCUT2D eigenvalue weighted by Gasteiger charge is -2.19. The van der Waals surface area contributed by atoms with Crippen LogP contribution in [0.2, 0.25) is 0 Å². The van der Waals surface area contributed by atoms with Gasteiger partial charge in [0.15, 0.2) is 0 Å². The number of aromatic amines is 1. The second-order valence-corrected chi connectivity index (χ2v) is 4.84. The molecular formula is C16H20N2O3. The summed E-state index contributed by atoms with van der Waals surface area (Å²) in [5.74, 6) is -0.425. The van der Waals surface area contributed by atoms with Crippen LogP contribution in [-0.2, 0) is 20.7 Å². The number of methoxy groups -OCH3 is 1. The number of nitrogens with zero attached hydrogens (tertiary/aromatic N) is 1. The SMILES string of the molecule is CCN(CC(=O)OC)C(=O)CCc1c[nH]c2ccccc12. The lowest BCUT2D eigenvalue weighted by atomic mass is 10.1. The molecule has 0 radical (unpaired) electrons. The largest absolute Gasteiger partial charge is 0.468 e. The average Bonchev–Trinajstić information content (AvgIpc) is 2.93. The molecule has 5 nitrogen and oxygen atoms in total. The summed E-state index contributed by atoms with van der Waals surface area (Å²) in [6.07, 6.45) is 2.97. The first-order chi connectivity index (χ1) is 10.2. The highest BCUT2D eigenvalue weighted by Gasteiger charge is 2.16. The van der Waals surface area contributed by atoms with Gasteiger partial charge in [0.25, 0.3) is 0 Å². The van der Waals surface area contributed by atoms with Crippen molar-refractivity contribution in [1.29, 1.82) is 0 Å². The molecular weight excluding hydrogens is 268 g/mol. The smallest absolute Gasteiger partial charge is 0.325 e. The summed E-state index contributed by atoms with van der Waals surface area (Å²) in [4.78, 5) is 28.1. The van der Waals surface area contributed by atoms with Crippen LogP contribution in [0, 0.1) is 0 Å². The molecule has 1 N–H and O–H groups in total. The van der Waals surface area contributed by atoms with Gasteiger partial charge >= 0.3 is 5.97 Å². The van der Waals surface area contributed by atoms with E-state index in [9.17, 15) is 9.59 Å². The highest BCUT2D eigenvalue weighted by Crippen LogP contribution is 2.19. The number of aryl methyl sites for hydroxylation is 1. The lowest BCUT2D eigenvalue weighted by molar-refractivity contribution is -0.146. The van der Waals surface area contributed by atoms with Crippen LogP contribution in [0.4, 0.5) is 0 Å². The number of benzene rings is 1. The van der Waals surface area contributed by atoms with Crippen molar-refractivity contribution in [2.24, 2.45) is 0 Å². The number of carbonyl (C=O) groups is 2. The topological polar surface area (TPSA) is 62.4 Å². The summed E-state index contributed by atoms with van der Waals surface area (Å²) in [6.45, 7) is 2.37. The Labute approximate surface area is 123 Å². The average molecular weight is 288 g/mol. The van der Waals surface area contributed by atoms with Crippen LogP contribution in [0.1, 0.15) is 18.9 Å². The molecule has 0 bridgehead atoms. The normalized spacial score (nSPS) is 10.6. The highest BCUT2D eigenvalue weighted by atomic mass is 16.5. The number of amides is 1. The van der Waals surface area contributed by atoms with Crippen molar-refractivity contribution >= 4 is 22.8 Å². The molecule has 1 aromatic heterocycles. The quantitative estimate of drug-likeness (QED) is 0.828. The van der Waals surface area contributed by atoms with Gasteiger partial charge in [0.2, 0.25) is 5.91 Å². The fourth-order valence-corrected chi connectivity index (χ4v) is 2.33. The van der Waals surface area contributed by atoms with E-state index in [1.807, 2.05) is 37.4 Å². The van der Waals surface area contributed by atoms with Gasteiger partial charge < -0.3 is 14.6 Å². The Bertz CT molecular complexity index is 633. The molecule has 0 unspecified atom stereocenters. The fraction of sp³-hybridized carbons (Fsp3) is 0.375. The number of hydrogen-bond acceptors (Lipinski definition) is 3. The van der Waals surface area contributed by atoms with E-state index in [0.29, 0.717) is 19.4 Å². The number of fused-ring (bicyclic) bond motifs is 1. The van der Waals surface area contributed by atoms with Gasteiger partial charge in [-0.3, -0.25) is 9.59 Å². The molecule has 0 aliphatic rings. The number of H-pyrrole nitrogens is 1. The number of rotatable bonds is 6. The van der Waals surface area contributed by atoms with Crippen LogP contribution in [0.25, 0.3) is 10.9 Å². The van der Waals surface area contributed by atoms with Crippen molar-refractivity contribution in [2.45, 2.75) is 19.8 Å². The summed E-state index contributed by atoms with van der Waals surface area (Å²) in [5.41, 5.74) is 2.19. The Kier molecular flexibility index (Phi) is 4.98. The Balaban J connectivity index is 1.98. The van der Waals surface area contributed by atoms with Gasteiger partial charge in [-0.05, 0) is 25.0 Å². The molecule has 1 heterocycles. The molecule has 21 heavy (non-hydrogen) atoms. The number of aromatic nitrogens is 1. The lowest BCUT2D eigenvalue weighted by Crippen LogP contribution is -2.36. The number of ether oxygens (including phenoxy) is 1. The third kappa shape index (κ3) is 3.62. The molecule has 0 atom stereocenters. The number of nitrogens with one attached hydrogen (secondary N) is 1. The Morgan fingerprint density at radius 2 is 2.05 bits per heavy atom. The molecule has 5 heteroatoms. The first-order valence-electron chi connectivity index (χ1n) is 7.05. The van der Waals surface area contributed by atoms with Crippen molar-refractivity contribution in [3.8, 4) is 0 Å². The van der Waals surface area contributed by atoms with Crippen LogP contribution in [0.3, 0.4) is 0 Å². The van der Waals surface area contributed by atoms with E-state index >= 15 is 0 Å². The fourth-order valence-electron chi connectivity index (χ4n) is 2.33. The summed E-state index contributed by atoms with van der Waals surface area (Å²) in [5, 5.41) is 1.14. The van der Waals surface area contributed by atoms with Crippen LogP contribution >= 0.6 is 0 Å². The zero-order chi connectivity index (χ0) is 15.2. The van der Waals surface area contributed by atoms with Crippen molar-refractivity contribution < 1.29 is 14.3 Å². The van der Waals surface area contributed by atoms with Crippen molar-refractivity contribution in [2.75, 3.05) is 20.2 Å². The van der Waals surface area contributed by atoms with Gasteiger partial charge in [-0.25, -0.2) is 0 Å². The van der Waals surface area contributed by atoms with E-state index in [-0.39, 0.29) is 12.5 Å². The molecule has 2 aromatic rings. The molecule has 0 spiro atoms. The van der Waals surface area contributed by atoms with Gasteiger partial charge in [-0.1, -0.05) is 18.2 Å². The van der Waals surface area contributed by atoms with Gasteiger partial charge in [0.1, 0.15) is 6.54 Å². The Morgan fingerprint density at radius 3 is 2.76 bits per heavy atom. The van der Waals surface area contributed by atoms with Gasteiger partial charge in [-0.15, -0.1) is 0 Å². The van der Waals surface area contributed by atoms with Gasteiger partial charge in [0, 0.05) is 30.1 Å². The molecule has 0 aliphatic heterocycles. The minimum atomic E-state index is -0.391.